The molecule has 0 radical (unpaired) electrons. The Balaban J connectivity index is 2.02. The summed E-state index contributed by atoms with van der Waals surface area (Å²) in [6.07, 6.45) is 0.711. The first-order valence-corrected chi connectivity index (χ1v) is 6.82. The minimum absolute atomic E-state index is 0.206. The van der Waals surface area contributed by atoms with Crippen molar-refractivity contribution in [3.05, 3.63) is 59.7 Å². The highest BCUT2D eigenvalue weighted by Crippen LogP contribution is 2.16. The van der Waals surface area contributed by atoms with Crippen molar-refractivity contribution in [2.45, 2.75) is 13.0 Å². The Hall–Kier alpha value is -3.15. The number of hydrogen-bond donors (Lipinski definition) is 2. The summed E-state index contributed by atoms with van der Waals surface area (Å²) in [4.78, 5) is 25.7. The number of ether oxygens (including phenoxy) is 1. The molecule has 0 aliphatic rings. The topological polar surface area (TPSA) is 96.2 Å². The van der Waals surface area contributed by atoms with Crippen molar-refractivity contribution in [1.29, 1.82) is 0 Å². The van der Waals surface area contributed by atoms with E-state index in [2.05, 4.69) is 4.99 Å². The first-order chi connectivity index (χ1) is 11.0. The van der Waals surface area contributed by atoms with Gasteiger partial charge in [0.2, 0.25) is 0 Å². The van der Waals surface area contributed by atoms with Crippen LogP contribution in [-0.2, 0) is 4.79 Å². The fraction of sp³-hybridized carbons (Fsp3) is 0.118. The number of carbonyl (C=O) groups is 2. The standard InChI is InChI=1S/C17H15NO5/c1-11(16(19)20)23-15-8-2-12(3-9-15)10-18-14-6-4-13(5-7-14)17(21)22/h2-11H,1H3,(H,19,20)(H,21,22)/t11-/m0/s1. The zero-order chi connectivity index (χ0) is 16.8. The molecule has 0 heterocycles. The van der Waals surface area contributed by atoms with E-state index in [-0.39, 0.29) is 5.56 Å². The summed E-state index contributed by atoms with van der Waals surface area (Å²) in [6, 6.07) is 13.0. The number of aliphatic imine (C=N–C) groups is 1. The van der Waals surface area contributed by atoms with E-state index in [4.69, 9.17) is 14.9 Å². The van der Waals surface area contributed by atoms with Crippen LogP contribution in [0.2, 0.25) is 0 Å². The predicted molar refractivity (Wildman–Crippen MR) is 84.8 cm³/mol. The summed E-state index contributed by atoms with van der Waals surface area (Å²) in [5.41, 5.74) is 1.65. The molecule has 0 fully saturated rings. The molecule has 6 nitrogen and oxygen atoms in total. The van der Waals surface area contributed by atoms with Crippen LogP contribution in [0.3, 0.4) is 0 Å². The number of rotatable bonds is 6. The molecule has 118 valence electrons. The van der Waals surface area contributed by atoms with Crippen LogP contribution in [-0.4, -0.2) is 34.5 Å². The molecule has 1 atom stereocenters. The first-order valence-electron chi connectivity index (χ1n) is 6.82. The van der Waals surface area contributed by atoms with E-state index in [0.717, 1.165) is 5.56 Å². The van der Waals surface area contributed by atoms with Crippen molar-refractivity contribution < 1.29 is 24.5 Å². The lowest BCUT2D eigenvalue weighted by atomic mass is 10.2. The van der Waals surface area contributed by atoms with Gasteiger partial charge in [0.1, 0.15) is 5.75 Å². The van der Waals surface area contributed by atoms with Gasteiger partial charge < -0.3 is 14.9 Å². The van der Waals surface area contributed by atoms with Crippen LogP contribution in [0.15, 0.2) is 53.5 Å². The number of carboxylic acid groups (broad SMARTS) is 2. The maximum absolute atomic E-state index is 10.8. The van der Waals surface area contributed by atoms with Gasteiger partial charge in [-0.2, -0.15) is 0 Å². The number of hydrogen-bond acceptors (Lipinski definition) is 4. The molecule has 0 bridgehead atoms. The molecule has 0 aliphatic heterocycles. The van der Waals surface area contributed by atoms with Crippen molar-refractivity contribution in [3.63, 3.8) is 0 Å². The molecule has 6 heteroatoms. The normalized spacial score (nSPS) is 12.0. The van der Waals surface area contributed by atoms with Gasteiger partial charge in [-0.1, -0.05) is 0 Å². The van der Waals surface area contributed by atoms with Crippen LogP contribution in [0.4, 0.5) is 5.69 Å². The van der Waals surface area contributed by atoms with Crippen molar-refractivity contribution in [2.24, 2.45) is 4.99 Å². The molecule has 0 spiro atoms. The first kappa shape index (κ1) is 16.2. The molecule has 0 saturated carbocycles. The molecule has 23 heavy (non-hydrogen) atoms. The highest BCUT2D eigenvalue weighted by Gasteiger charge is 2.11. The Morgan fingerprint density at radius 1 is 1.04 bits per heavy atom. The average molecular weight is 313 g/mol. The SMILES string of the molecule is C[C@H](Oc1ccc(C=Nc2ccc(C(=O)O)cc2)cc1)C(=O)O. The highest BCUT2D eigenvalue weighted by atomic mass is 16.5. The quantitative estimate of drug-likeness (QED) is 0.799. The fourth-order valence-electron chi connectivity index (χ4n) is 1.73. The van der Waals surface area contributed by atoms with E-state index >= 15 is 0 Å². The van der Waals surface area contributed by atoms with Crippen LogP contribution in [0.5, 0.6) is 5.75 Å². The van der Waals surface area contributed by atoms with Crippen LogP contribution >= 0.6 is 0 Å². The van der Waals surface area contributed by atoms with Gasteiger partial charge in [0.25, 0.3) is 0 Å². The van der Waals surface area contributed by atoms with Gasteiger partial charge in [-0.3, -0.25) is 4.99 Å². The summed E-state index contributed by atoms with van der Waals surface area (Å²) >= 11 is 0. The molecule has 2 N–H and O–H groups in total. The second-order valence-electron chi connectivity index (χ2n) is 4.78. The molecule has 2 rings (SSSR count). The summed E-state index contributed by atoms with van der Waals surface area (Å²) in [5, 5.41) is 17.6. The zero-order valence-electron chi connectivity index (χ0n) is 12.3. The van der Waals surface area contributed by atoms with Gasteiger partial charge in [0.05, 0.1) is 11.3 Å². The summed E-state index contributed by atoms with van der Waals surface area (Å²) in [7, 11) is 0. The van der Waals surface area contributed by atoms with Gasteiger partial charge in [0, 0.05) is 6.21 Å². The molecular weight excluding hydrogens is 298 g/mol. The van der Waals surface area contributed by atoms with E-state index in [9.17, 15) is 9.59 Å². The van der Waals surface area contributed by atoms with Crippen molar-refractivity contribution in [2.75, 3.05) is 0 Å². The monoisotopic (exact) mass is 313 g/mol. The van der Waals surface area contributed by atoms with Gasteiger partial charge in [-0.15, -0.1) is 0 Å². The smallest absolute Gasteiger partial charge is 0.344 e. The Morgan fingerprint density at radius 2 is 1.65 bits per heavy atom. The molecule has 2 aromatic rings. The second kappa shape index (κ2) is 7.22. The third-order valence-electron chi connectivity index (χ3n) is 3.02. The van der Waals surface area contributed by atoms with Gasteiger partial charge in [-0.05, 0) is 61.0 Å². The number of aliphatic carboxylic acids is 1. The number of nitrogens with zero attached hydrogens (tertiary/aromatic N) is 1. The van der Waals surface area contributed by atoms with Gasteiger partial charge >= 0.3 is 11.9 Å². The van der Waals surface area contributed by atoms with Crippen molar-refractivity contribution in [1.82, 2.24) is 0 Å². The third kappa shape index (κ3) is 4.67. The van der Waals surface area contributed by atoms with E-state index in [1.165, 1.54) is 19.1 Å². The van der Waals surface area contributed by atoms with Gasteiger partial charge in [0.15, 0.2) is 6.10 Å². The number of aromatic carboxylic acids is 1. The third-order valence-corrected chi connectivity index (χ3v) is 3.02. The number of carboxylic acids is 2. The van der Waals surface area contributed by atoms with E-state index < -0.39 is 18.0 Å². The Morgan fingerprint density at radius 3 is 2.17 bits per heavy atom. The maximum Gasteiger partial charge on any atom is 0.344 e. The highest BCUT2D eigenvalue weighted by molar-refractivity contribution is 5.88. The maximum atomic E-state index is 10.8. The lowest BCUT2D eigenvalue weighted by Gasteiger charge is -2.09. The van der Waals surface area contributed by atoms with E-state index in [0.29, 0.717) is 11.4 Å². The molecule has 0 amide bonds. The summed E-state index contributed by atoms with van der Waals surface area (Å²) in [5.74, 6) is -1.55. The summed E-state index contributed by atoms with van der Waals surface area (Å²) in [6.45, 7) is 1.46. The zero-order valence-corrected chi connectivity index (χ0v) is 12.3. The Labute approximate surface area is 132 Å². The predicted octanol–water partition coefficient (Wildman–Crippen LogP) is 2.99. The Bertz CT molecular complexity index is 720. The van der Waals surface area contributed by atoms with Crippen LogP contribution in [0.1, 0.15) is 22.8 Å². The largest absolute Gasteiger partial charge is 0.479 e. The Kier molecular flexibility index (Phi) is 5.09. The van der Waals surface area contributed by atoms with Crippen LogP contribution in [0.25, 0.3) is 0 Å². The van der Waals surface area contributed by atoms with Crippen LogP contribution < -0.4 is 4.74 Å². The molecule has 0 unspecified atom stereocenters. The lowest BCUT2D eigenvalue weighted by Crippen LogP contribution is -2.22. The molecule has 0 aliphatic carbocycles. The molecule has 2 aromatic carbocycles. The van der Waals surface area contributed by atoms with Crippen molar-refractivity contribution >= 4 is 23.8 Å². The van der Waals surface area contributed by atoms with E-state index in [1.807, 2.05) is 0 Å². The second-order valence-corrected chi connectivity index (χ2v) is 4.78. The summed E-state index contributed by atoms with van der Waals surface area (Å²) < 4.78 is 5.23. The minimum atomic E-state index is -1.03. The lowest BCUT2D eigenvalue weighted by molar-refractivity contribution is -0.144. The minimum Gasteiger partial charge on any atom is -0.479 e. The van der Waals surface area contributed by atoms with Crippen LogP contribution in [0, 0.1) is 0 Å². The molecule has 0 saturated heterocycles. The van der Waals surface area contributed by atoms with E-state index in [1.54, 1.807) is 42.6 Å². The molecule has 0 aromatic heterocycles. The fourth-order valence-corrected chi connectivity index (χ4v) is 1.73. The average Bonchev–Trinajstić information content (AvgIpc) is 2.54. The molecular formula is C17H15NO5. The van der Waals surface area contributed by atoms with Gasteiger partial charge in [-0.25, -0.2) is 9.59 Å². The number of benzene rings is 2. The van der Waals surface area contributed by atoms with Crippen molar-refractivity contribution in [3.8, 4) is 5.75 Å².